The summed E-state index contributed by atoms with van der Waals surface area (Å²) in [5, 5.41) is 5.56. The zero-order chi connectivity index (χ0) is 14.6. The van der Waals surface area contributed by atoms with Crippen LogP contribution in [0.3, 0.4) is 0 Å². The first-order valence-corrected chi connectivity index (χ1v) is 6.08. The molecule has 0 fully saturated rings. The standard InChI is InChI=1S/C15H20N2O2/c1-10(2)13(18)16-12-8-6-11(7-9-12)14(19)17-15(3,4)5/h6-9H,1H2,2-5H3,(H,16,18)(H,17,19). The van der Waals surface area contributed by atoms with Gasteiger partial charge in [-0.2, -0.15) is 0 Å². The maximum absolute atomic E-state index is 11.9. The van der Waals surface area contributed by atoms with Gasteiger partial charge in [0.2, 0.25) is 0 Å². The molecule has 0 spiro atoms. The van der Waals surface area contributed by atoms with Crippen molar-refractivity contribution in [2.75, 3.05) is 5.32 Å². The van der Waals surface area contributed by atoms with Crippen LogP contribution < -0.4 is 10.6 Å². The van der Waals surface area contributed by atoms with Gasteiger partial charge < -0.3 is 10.6 Å². The van der Waals surface area contributed by atoms with Crippen molar-refractivity contribution in [1.29, 1.82) is 0 Å². The van der Waals surface area contributed by atoms with E-state index in [0.717, 1.165) is 0 Å². The second-order valence-electron chi connectivity index (χ2n) is 5.52. The molecule has 1 aromatic rings. The predicted molar refractivity (Wildman–Crippen MR) is 77.1 cm³/mol. The number of hydrogen-bond acceptors (Lipinski definition) is 2. The molecule has 0 aliphatic rings. The van der Waals surface area contributed by atoms with E-state index in [1.807, 2.05) is 20.8 Å². The monoisotopic (exact) mass is 260 g/mol. The summed E-state index contributed by atoms with van der Waals surface area (Å²) in [6, 6.07) is 6.74. The molecule has 4 heteroatoms. The SMILES string of the molecule is C=C(C)C(=O)Nc1ccc(C(=O)NC(C)(C)C)cc1. The molecule has 19 heavy (non-hydrogen) atoms. The molecular formula is C15H20N2O2. The number of amides is 2. The van der Waals surface area contributed by atoms with Gasteiger partial charge in [-0.1, -0.05) is 6.58 Å². The fourth-order valence-corrected chi connectivity index (χ4v) is 1.36. The van der Waals surface area contributed by atoms with Gasteiger partial charge in [0.25, 0.3) is 11.8 Å². The minimum Gasteiger partial charge on any atom is -0.347 e. The maximum atomic E-state index is 11.9. The molecule has 1 rings (SSSR count). The lowest BCUT2D eigenvalue weighted by molar-refractivity contribution is -0.112. The fourth-order valence-electron chi connectivity index (χ4n) is 1.36. The molecule has 2 amide bonds. The van der Waals surface area contributed by atoms with E-state index in [0.29, 0.717) is 16.8 Å². The minimum atomic E-state index is -0.274. The van der Waals surface area contributed by atoms with Gasteiger partial charge in [-0.25, -0.2) is 0 Å². The van der Waals surface area contributed by atoms with Crippen LogP contribution in [-0.2, 0) is 4.79 Å². The molecule has 0 aliphatic carbocycles. The van der Waals surface area contributed by atoms with Crippen molar-refractivity contribution in [1.82, 2.24) is 5.32 Å². The van der Waals surface area contributed by atoms with Crippen LogP contribution in [0.4, 0.5) is 5.69 Å². The molecule has 0 radical (unpaired) electrons. The molecular weight excluding hydrogens is 240 g/mol. The Kier molecular flexibility index (Phi) is 4.48. The first-order valence-electron chi connectivity index (χ1n) is 6.08. The summed E-state index contributed by atoms with van der Waals surface area (Å²) < 4.78 is 0. The first kappa shape index (κ1) is 15.0. The smallest absolute Gasteiger partial charge is 0.251 e. The van der Waals surface area contributed by atoms with Crippen LogP contribution in [0.5, 0.6) is 0 Å². The molecule has 0 aromatic heterocycles. The van der Waals surface area contributed by atoms with Crippen molar-refractivity contribution in [2.24, 2.45) is 0 Å². The Labute approximate surface area is 113 Å². The highest BCUT2D eigenvalue weighted by Gasteiger charge is 2.15. The van der Waals surface area contributed by atoms with Gasteiger partial charge >= 0.3 is 0 Å². The average molecular weight is 260 g/mol. The number of anilines is 1. The lowest BCUT2D eigenvalue weighted by Gasteiger charge is -2.20. The van der Waals surface area contributed by atoms with Crippen molar-refractivity contribution in [2.45, 2.75) is 33.2 Å². The second kappa shape index (κ2) is 5.69. The van der Waals surface area contributed by atoms with Crippen LogP contribution in [0.1, 0.15) is 38.1 Å². The molecule has 0 saturated carbocycles. The summed E-state index contributed by atoms with van der Waals surface area (Å²) in [4.78, 5) is 23.3. The third-order valence-corrected chi connectivity index (χ3v) is 2.28. The number of carbonyl (C=O) groups excluding carboxylic acids is 2. The third kappa shape index (κ3) is 4.95. The Morgan fingerprint density at radius 2 is 1.63 bits per heavy atom. The van der Waals surface area contributed by atoms with E-state index < -0.39 is 0 Å². The van der Waals surface area contributed by atoms with Crippen LogP contribution >= 0.6 is 0 Å². The maximum Gasteiger partial charge on any atom is 0.251 e. The van der Waals surface area contributed by atoms with Crippen molar-refractivity contribution < 1.29 is 9.59 Å². The molecule has 0 bridgehead atoms. The fraction of sp³-hybridized carbons (Fsp3) is 0.333. The zero-order valence-electron chi connectivity index (χ0n) is 11.8. The highest BCUT2D eigenvalue weighted by atomic mass is 16.2. The third-order valence-electron chi connectivity index (χ3n) is 2.28. The van der Waals surface area contributed by atoms with E-state index in [-0.39, 0.29) is 17.4 Å². The van der Waals surface area contributed by atoms with Gasteiger partial charge in [0.15, 0.2) is 0 Å². The van der Waals surface area contributed by atoms with E-state index in [9.17, 15) is 9.59 Å². The lowest BCUT2D eigenvalue weighted by atomic mass is 10.1. The van der Waals surface area contributed by atoms with E-state index in [1.54, 1.807) is 31.2 Å². The lowest BCUT2D eigenvalue weighted by Crippen LogP contribution is -2.40. The number of hydrogen-bond donors (Lipinski definition) is 2. The zero-order valence-corrected chi connectivity index (χ0v) is 11.8. The topological polar surface area (TPSA) is 58.2 Å². The molecule has 102 valence electrons. The highest BCUT2D eigenvalue weighted by molar-refractivity contribution is 6.03. The summed E-state index contributed by atoms with van der Waals surface area (Å²) in [5.41, 5.74) is 1.36. The average Bonchev–Trinajstić information content (AvgIpc) is 2.27. The first-order chi connectivity index (χ1) is 8.69. The molecule has 0 saturated heterocycles. The van der Waals surface area contributed by atoms with E-state index in [4.69, 9.17) is 0 Å². The minimum absolute atomic E-state index is 0.134. The van der Waals surface area contributed by atoms with E-state index >= 15 is 0 Å². The highest BCUT2D eigenvalue weighted by Crippen LogP contribution is 2.11. The van der Waals surface area contributed by atoms with Gasteiger partial charge in [-0.05, 0) is 52.0 Å². The van der Waals surface area contributed by atoms with Crippen LogP contribution in [0.2, 0.25) is 0 Å². The molecule has 0 unspecified atom stereocenters. The van der Waals surface area contributed by atoms with Crippen LogP contribution in [0, 0.1) is 0 Å². The molecule has 1 aromatic carbocycles. The van der Waals surface area contributed by atoms with Crippen molar-refractivity contribution in [3.05, 3.63) is 42.0 Å². The molecule has 2 N–H and O–H groups in total. The van der Waals surface area contributed by atoms with Crippen LogP contribution in [0.25, 0.3) is 0 Å². The summed E-state index contributed by atoms with van der Waals surface area (Å²) >= 11 is 0. The Balaban J connectivity index is 2.74. The Morgan fingerprint density at radius 1 is 1.11 bits per heavy atom. The van der Waals surface area contributed by atoms with Crippen molar-refractivity contribution in [3.63, 3.8) is 0 Å². The van der Waals surface area contributed by atoms with Crippen LogP contribution in [0.15, 0.2) is 36.4 Å². The molecule has 4 nitrogen and oxygen atoms in total. The largest absolute Gasteiger partial charge is 0.347 e. The van der Waals surface area contributed by atoms with Gasteiger partial charge in [0.1, 0.15) is 0 Å². The Bertz CT molecular complexity index is 496. The van der Waals surface area contributed by atoms with Gasteiger partial charge in [-0.3, -0.25) is 9.59 Å². The van der Waals surface area contributed by atoms with E-state index in [2.05, 4.69) is 17.2 Å². The summed E-state index contributed by atoms with van der Waals surface area (Å²) in [5.74, 6) is -0.364. The predicted octanol–water partition coefficient (Wildman–Crippen LogP) is 2.73. The van der Waals surface area contributed by atoms with Crippen molar-refractivity contribution >= 4 is 17.5 Å². The van der Waals surface area contributed by atoms with E-state index in [1.165, 1.54) is 0 Å². The van der Waals surface area contributed by atoms with Crippen molar-refractivity contribution in [3.8, 4) is 0 Å². The van der Waals surface area contributed by atoms with Crippen LogP contribution in [-0.4, -0.2) is 17.4 Å². The number of benzene rings is 1. The van der Waals surface area contributed by atoms with Gasteiger partial charge in [0.05, 0.1) is 0 Å². The quantitative estimate of drug-likeness (QED) is 0.821. The number of carbonyl (C=O) groups is 2. The summed E-state index contributed by atoms with van der Waals surface area (Å²) in [7, 11) is 0. The second-order valence-corrected chi connectivity index (χ2v) is 5.52. The summed E-state index contributed by atoms with van der Waals surface area (Å²) in [6.45, 7) is 11.0. The van der Waals surface area contributed by atoms with Gasteiger partial charge in [0, 0.05) is 22.4 Å². The number of nitrogens with one attached hydrogen (secondary N) is 2. The normalized spacial score (nSPS) is 10.7. The van der Waals surface area contributed by atoms with Gasteiger partial charge in [-0.15, -0.1) is 0 Å². The Morgan fingerprint density at radius 3 is 2.05 bits per heavy atom. The molecule has 0 aliphatic heterocycles. The Hall–Kier alpha value is -2.10. The summed E-state index contributed by atoms with van der Waals surface area (Å²) in [6.07, 6.45) is 0. The number of rotatable bonds is 3. The molecule has 0 atom stereocenters. The molecule has 0 heterocycles.